The predicted octanol–water partition coefficient (Wildman–Crippen LogP) is 2.28. The number of piperidine rings is 1. The fourth-order valence-electron chi connectivity index (χ4n) is 3.41. The van der Waals surface area contributed by atoms with Crippen LogP contribution in [-0.2, 0) is 12.9 Å². The summed E-state index contributed by atoms with van der Waals surface area (Å²) < 4.78 is 51.8. The van der Waals surface area contributed by atoms with Crippen molar-refractivity contribution in [3.63, 3.8) is 0 Å². The number of aryl methyl sites for hydroxylation is 1. The van der Waals surface area contributed by atoms with Crippen molar-refractivity contribution in [3.8, 4) is 0 Å². The minimum absolute atomic E-state index is 0.0177. The van der Waals surface area contributed by atoms with E-state index >= 15 is 0 Å². The Kier molecular flexibility index (Phi) is 3.99. The van der Waals surface area contributed by atoms with Gasteiger partial charge in [0.25, 0.3) is 0 Å². The second kappa shape index (κ2) is 8.65. The summed E-state index contributed by atoms with van der Waals surface area (Å²) in [5.41, 5.74) is 1.23. The molecule has 3 atom stereocenters. The van der Waals surface area contributed by atoms with E-state index in [1.54, 1.807) is 11.1 Å². The Morgan fingerprint density at radius 1 is 1.59 bits per heavy atom. The van der Waals surface area contributed by atoms with Crippen LogP contribution in [0.3, 0.4) is 0 Å². The maximum absolute atomic E-state index is 12.0. The third-order valence-electron chi connectivity index (χ3n) is 4.89. The zero-order valence-corrected chi connectivity index (χ0v) is 16.2. The molecule has 8 heteroatoms. The van der Waals surface area contributed by atoms with Crippen molar-refractivity contribution in [2.24, 2.45) is 0 Å². The molecule has 1 aliphatic rings. The summed E-state index contributed by atoms with van der Waals surface area (Å²) in [5.74, 6) is 0.240. The lowest BCUT2D eigenvalue weighted by Gasteiger charge is -2.36. The van der Waals surface area contributed by atoms with Crippen LogP contribution in [-0.4, -0.2) is 38.9 Å². The minimum Gasteiger partial charge on any atom is -0.619 e. The molecule has 29 heavy (non-hydrogen) atoms. The molecule has 2 N–H and O–H groups in total. The molecule has 1 aliphatic heterocycles. The number of nitrogens with one attached hydrogen (secondary N) is 1. The summed E-state index contributed by atoms with van der Waals surface area (Å²) in [6, 6.07) is 1.15. The molecule has 8 nitrogen and oxygen atoms in total. The van der Waals surface area contributed by atoms with E-state index in [0.717, 1.165) is 5.56 Å². The highest BCUT2D eigenvalue weighted by Crippen LogP contribution is 2.28. The van der Waals surface area contributed by atoms with Gasteiger partial charge in [-0.3, -0.25) is 0 Å². The molecule has 0 aliphatic carbocycles. The van der Waals surface area contributed by atoms with E-state index in [4.69, 9.17) is 8.22 Å². The van der Waals surface area contributed by atoms with Crippen molar-refractivity contribution in [1.82, 2.24) is 14.6 Å². The van der Waals surface area contributed by atoms with Gasteiger partial charge in [0.15, 0.2) is 18.0 Å². The summed E-state index contributed by atoms with van der Waals surface area (Å²) in [5, 5.41) is 28.8. The number of anilines is 2. The fraction of sp³-hybridized carbons (Fsp3) is 0.476. The summed E-state index contributed by atoms with van der Waals surface area (Å²) >= 11 is 0. The standard InChI is InChI=1S/C21H28N6O2/c1-2-17-14-23-27-19(22-13-16-6-5-9-25(29)15-16)12-20(24-21(17)27)26-10-4-3-7-18(26)8-11-28/h5-6,9,12,14-15,18,22,28H,2-4,7-8,10-11,13H2,1H3/t18-/m0/s1/i4T,9T,12T,13T,15T,18T/t4?,13?,18-. The third kappa shape index (κ3) is 4.12. The Morgan fingerprint density at radius 3 is 3.31 bits per heavy atom. The number of rotatable bonds is 7. The smallest absolute Gasteiger partial charge is 0.185 e. The molecule has 0 amide bonds. The lowest BCUT2D eigenvalue weighted by Crippen LogP contribution is -2.40. The Labute approximate surface area is 178 Å². The fourth-order valence-corrected chi connectivity index (χ4v) is 3.41. The molecule has 3 aromatic heterocycles. The van der Waals surface area contributed by atoms with Crippen molar-refractivity contribution in [2.75, 3.05) is 23.4 Å². The van der Waals surface area contributed by atoms with Gasteiger partial charge < -0.3 is 20.5 Å². The summed E-state index contributed by atoms with van der Waals surface area (Å²) in [7, 11) is 0. The quantitative estimate of drug-likeness (QED) is 0.460. The van der Waals surface area contributed by atoms with E-state index in [-0.39, 0.29) is 47.5 Å². The average Bonchev–Trinajstić information content (AvgIpc) is 3.24. The van der Waals surface area contributed by atoms with E-state index in [0.29, 0.717) is 24.9 Å². The van der Waals surface area contributed by atoms with Gasteiger partial charge in [0.2, 0.25) is 0 Å². The first-order valence-electron chi connectivity index (χ1n) is 12.8. The van der Waals surface area contributed by atoms with Gasteiger partial charge in [-0.15, -0.1) is 0 Å². The summed E-state index contributed by atoms with van der Waals surface area (Å²) in [4.78, 5) is 6.25. The molecular weight excluding hydrogens is 368 g/mol. The summed E-state index contributed by atoms with van der Waals surface area (Å²) in [6.45, 7) is 0.536. The van der Waals surface area contributed by atoms with Crippen LogP contribution in [0.5, 0.6) is 0 Å². The monoisotopic (exact) mass is 408 g/mol. The van der Waals surface area contributed by atoms with Crippen LogP contribution in [0.15, 0.2) is 36.7 Å². The van der Waals surface area contributed by atoms with Crippen LogP contribution in [0.1, 0.15) is 51.9 Å². The second-order valence-electron chi connectivity index (χ2n) is 6.76. The Morgan fingerprint density at radius 2 is 2.48 bits per heavy atom. The van der Waals surface area contributed by atoms with Crippen LogP contribution >= 0.6 is 0 Å². The van der Waals surface area contributed by atoms with E-state index in [1.165, 1.54) is 16.6 Å². The van der Waals surface area contributed by atoms with E-state index in [9.17, 15) is 10.3 Å². The molecule has 0 radical (unpaired) electrons. The van der Waals surface area contributed by atoms with Gasteiger partial charge >= 0.3 is 0 Å². The number of pyridine rings is 1. The van der Waals surface area contributed by atoms with Crippen LogP contribution in [0.4, 0.5) is 11.6 Å². The van der Waals surface area contributed by atoms with Gasteiger partial charge in [-0.05, 0) is 38.1 Å². The van der Waals surface area contributed by atoms with Gasteiger partial charge in [0.1, 0.15) is 14.4 Å². The van der Waals surface area contributed by atoms with E-state index in [1.807, 2.05) is 6.92 Å². The lowest BCUT2D eigenvalue weighted by atomic mass is 9.99. The first kappa shape index (κ1) is 13.4. The number of hydrogen-bond acceptors (Lipinski definition) is 6. The van der Waals surface area contributed by atoms with Crippen LogP contribution in [0.25, 0.3) is 5.65 Å². The lowest BCUT2D eigenvalue weighted by molar-refractivity contribution is -0.605. The van der Waals surface area contributed by atoms with Crippen LogP contribution in [0.2, 0.25) is 0 Å². The normalized spacial score (nSPS) is 26.1. The highest BCUT2D eigenvalue weighted by molar-refractivity contribution is 5.61. The molecule has 1 saturated heterocycles. The topological polar surface area (TPSA) is 92.6 Å². The molecule has 3 aromatic rings. The van der Waals surface area contributed by atoms with Crippen LogP contribution < -0.4 is 14.9 Å². The Bertz CT molecular complexity index is 1240. The van der Waals surface area contributed by atoms with E-state index in [2.05, 4.69) is 15.4 Å². The third-order valence-corrected chi connectivity index (χ3v) is 4.89. The highest BCUT2D eigenvalue weighted by Gasteiger charge is 2.24. The average molecular weight is 409 g/mol. The van der Waals surface area contributed by atoms with Crippen molar-refractivity contribution in [1.29, 1.82) is 0 Å². The minimum atomic E-state index is -1.33. The number of fused-ring (bicyclic) bond motifs is 1. The molecule has 0 bridgehead atoms. The highest BCUT2D eigenvalue weighted by atomic mass is 16.5. The number of nitrogens with zero attached hydrogens (tertiary/aromatic N) is 5. The van der Waals surface area contributed by atoms with E-state index < -0.39 is 31.3 Å². The van der Waals surface area contributed by atoms with Gasteiger partial charge in [-0.2, -0.15) is 14.3 Å². The predicted molar refractivity (Wildman–Crippen MR) is 112 cm³/mol. The SMILES string of the molecule is [3H]c1c(N2CC([3H])CC[C@@]2([3H])CCO)nc2c(CC)cnn2c1NC([3H])c1ccc([3H])[n+]([O-])c1[3H]. The molecule has 4 rings (SSSR count). The number of hydrogen-bond donors (Lipinski definition) is 2. The Hall–Kier alpha value is -2.87. The first-order valence-corrected chi connectivity index (χ1v) is 9.67. The van der Waals surface area contributed by atoms with Gasteiger partial charge in [-0.1, -0.05) is 6.92 Å². The van der Waals surface area contributed by atoms with Gasteiger partial charge in [0.05, 0.1) is 10.3 Å². The van der Waals surface area contributed by atoms with Crippen molar-refractivity contribution in [3.05, 3.63) is 53.1 Å². The van der Waals surface area contributed by atoms with Gasteiger partial charge in [0, 0.05) is 50.3 Å². The first-order chi connectivity index (χ1) is 16.6. The molecular formula is C21H28N6O2. The molecule has 4 heterocycles. The summed E-state index contributed by atoms with van der Waals surface area (Å²) in [6.07, 6.45) is 1.72. The van der Waals surface area contributed by atoms with Crippen LogP contribution in [0, 0.1) is 5.21 Å². The zero-order valence-electron chi connectivity index (χ0n) is 22.2. The molecule has 0 aromatic carbocycles. The van der Waals surface area contributed by atoms with Crippen molar-refractivity contribution >= 4 is 17.3 Å². The van der Waals surface area contributed by atoms with Crippen molar-refractivity contribution < 1.29 is 18.1 Å². The maximum atomic E-state index is 12.0. The number of aliphatic hydroxyl groups excluding tert-OH is 1. The molecule has 2 unspecified atom stereocenters. The second-order valence-corrected chi connectivity index (χ2v) is 6.76. The number of aliphatic hydroxyl groups is 1. The number of aromatic nitrogens is 4. The Balaban J connectivity index is 1.86. The van der Waals surface area contributed by atoms with Crippen molar-refractivity contribution in [2.45, 2.75) is 51.5 Å². The molecule has 0 saturated carbocycles. The maximum Gasteiger partial charge on any atom is 0.185 e. The van der Waals surface area contributed by atoms with Gasteiger partial charge in [-0.25, -0.2) is 4.98 Å². The molecule has 1 fully saturated rings. The largest absolute Gasteiger partial charge is 0.619 e. The molecule has 0 spiro atoms. The zero-order chi connectivity index (χ0) is 25.5. The molecule has 154 valence electrons.